The molecular formula is C23H36N4O6S. The van der Waals surface area contributed by atoms with Gasteiger partial charge in [0.15, 0.2) is 0 Å². The highest BCUT2D eigenvalue weighted by Gasteiger charge is 2.43. The van der Waals surface area contributed by atoms with Crippen LogP contribution in [0.1, 0.15) is 72.1 Å². The fraction of sp³-hybridized carbons (Fsp3) is 0.739. The maximum absolute atomic E-state index is 13.4. The summed E-state index contributed by atoms with van der Waals surface area (Å²) in [5, 5.41) is 4.97. The van der Waals surface area contributed by atoms with Crippen molar-refractivity contribution in [1.82, 2.24) is 20.3 Å². The predicted molar refractivity (Wildman–Crippen MR) is 126 cm³/mol. The first-order chi connectivity index (χ1) is 15.9. The van der Waals surface area contributed by atoms with Crippen LogP contribution in [0.3, 0.4) is 0 Å². The van der Waals surface area contributed by atoms with Gasteiger partial charge >= 0.3 is 0 Å². The van der Waals surface area contributed by atoms with Crippen LogP contribution in [-0.2, 0) is 29.2 Å². The van der Waals surface area contributed by atoms with Gasteiger partial charge in [0, 0.05) is 13.0 Å². The molecule has 0 aromatic rings. The molecule has 3 rings (SSSR count). The Kier molecular flexibility index (Phi) is 8.05. The third-order valence-corrected chi connectivity index (χ3v) is 8.24. The molecule has 0 bridgehead atoms. The Hall–Kier alpha value is -2.43. The summed E-state index contributed by atoms with van der Waals surface area (Å²) in [4.78, 5) is 53.4. The Balaban J connectivity index is 1.84. The van der Waals surface area contributed by atoms with E-state index in [9.17, 15) is 27.6 Å². The van der Waals surface area contributed by atoms with Crippen molar-refractivity contribution in [2.75, 3.05) is 6.54 Å². The molecule has 1 aliphatic carbocycles. The molecule has 2 aliphatic heterocycles. The van der Waals surface area contributed by atoms with E-state index in [2.05, 4.69) is 15.4 Å². The van der Waals surface area contributed by atoms with Crippen molar-refractivity contribution >= 4 is 33.7 Å². The molecule has 3 unspecified atom stereocenters. The quantitative estimate of drug-likeness (QED) is 0.492. The Bertz CT molecular complexity index is 951. The van der Waals surface area contributed by atoms with Crippen LogP contribution in [0.4, 0.5) is 0 Å². The van der Waals surface area contributed by atoms with Crippen LogP contribution < -0.4 is 15.4 Å². The lowest BCUT2D eigenvalue weighted by Gasteiger charge is -2.35. The SMILES string of the molecule is CC(C)(C)C1NC(=O)CCCC=CCC(C(=O)NS(=O)(=O)C2CC2)NC(=O)C2CCCN2C1=O. The van der Waals surface area contributed by atoms with Gasteiger partial charge in [0.05, 0.1) is 5.25 Å². The topological polar surface area (TPSA) is 142 Å². The van der Waals surface area contributed by atoms with Crippen molar-refractivity contribution in [2.24, 2.45) is 5.41 Å². The van der Waals surface area contributed by atoms with Gasteiger partial charge in [-0.3, -0.25) is 23.9 Å². The summed E-state index contributed by atoms with van der Waals surface area (Å²) in [6, 6.07) is -2.67. The number of rotatable bonds is 3. The fourth-order valence-corrected chi connectivity index (χ4v) is 5.60. The Morgan fingerprint density at radius 3 is 2.41 bits per heavy atom. The number of nitrogens with zero attached hydrogens (tertiary/aromatic N) is 1. The number of allylic oxidation sites excluding steroid dienone is 1. The van der Waals surface area contributed by atoms with Crippen LogP contribution >= 0.6 is 0 Å². The number of nitrogens with one attached hydrogen (secondary N) is 3. The summed E-state index contributed by atoms with van der Waals surface area (Å²) in [7, 11) is -3.76. The lowest BCUT2D eigenvalue weighted by molar-refractivity contribution is -0.144. The van der Waals surface area contributed by atoms with E-state index in [0.29, 0.717) is 45.1 Å². The van der Waals surface area contributed by atoms with E-state index in [1.54, 1.807) is 6.08 Å². The van der Waals surface area contributed by atoms with Crippen molar-refractivity contribution in [2.45, 2.75) is 95.5 Å². The van der Waals surface area contributed by atoms with E-state index in [1.807, 2.05) is 26.8 Å². The minimum absolute atomic E-state index is 0.106. The van der Waals surface area contributed by atoms with Crippen molar-refractivity contribution in [1.29, 1.82) is 0 Å². The second-order valence-corrected chi connectivity index (χ2v) is 12.4. The first-order valence-electron chi connectivity index (χ1n) is 12.0. The van der Waals surface area contributed by atoms with Crippen LogP contribution in [-0.4, -0.2) is 66.9 Å². The minimum atomic E-state index is -3.76. The van der Waals surface area contributed by atoms with Crippen LogP contribution in [0.2, 0.25) is 0 Å². The zero-order valence-electron chi connectivity index (χ0n) is 20.1. The molecule has 3 N–H and O–H groups in total. The second kappa shape index (κ2) is 10.5. The molecule has 3 atom stereocenters. The standard InChI is InChI=1S/C23H36N4O6S/c1-23(2,3)19-22(31)27-14-8-10-17(27)21(30)24-16(9-6-4-5-7-11-18(28)25-19)20(29)26-34(32,33)15-12-13-15/h4,6,15-17,19H,5,7-14H2,1-3H3,(H,24,30)(H,25,28)(H,26,29). The maximum Gasteiger partial charge on any atom is 0.256 e. The maximum atomic E-state index is 13.4. The summed E-state index contributed by atoms with van der Waals surface area (Å²) in [6.45, 7) is 5.95. The molecule has 0 aromatic carbocycles. The number of hydrogen-bond donors (Lipinski definition) is 3. The van der Waals surface area contributed by atoms with Crippen LogP contribution in [0.15, 0.2) is 12.2 Å². The number of carbonyl (C=O) groups is 4. The molecule has 0 spiro atoms. The van der Waals surface area contributed by atoms with Gasteiger partial charge in [0.25, 0.3) is 5.91 Å². The van der Waals surface area contributed by atoms with E-state index >= 15 is 0 Å². The summed E-state index contributed by atoms with van der Waals surface area (Å²) in [5.41, 5.74) is -0.566. The van der Waals surface area contributed by atoms with E-state index in [0.717, 1.165) is 0 Å². The van der Waals surface area contributed by atoms with Crippen molar-refractivity contribution in [3.63, 3.8) is 0 Å². The monoisotopic (exact) mass is 496 g/mol. The van der Waals surface area contributed by atoms with Crippen LogP contribution in [0.5, 0.6) is 0 Å². The summed E-state index contributed by atoms with van der Waals surface area (Å²) < 4.78 is 26.6. The number of sulfonamides is 1. The van der Waals surface area contributed by atoms with E-state index in [4.69, 9.17) is 0 Å². The van der Waals surface area contributed by atoms with Crippen molar-refractivity contribution in [3.8, 4) is 0 Å². The lowest BCUT2D eigenvalue weighted by atomic mass is 9.85. The van der Waals surface area contributed by atoms with Gasteiger partial charge in [-0.1, -0.05) is 32.9 Å². The second-order valence-electron chi connectivity index (χ2n) is 10.4. The number of hydrogen-bond acceptors (Lipinski definition) is 6. The summed E-state index contributed by atoms with van der Waals surface area (Å²) >= 11 is 0. The van der Waals surface area contributed by atoms with Gasteiger partial charge in [0.2, 0.25) is 27.7 Å². The smallest absolute Gasteiger partial charge is 0.256 e. The van der Waals surface area contributed by atoms with Crippen molar-refractivity contribution < 1.29 is 27.6 Å². The molecule has 3 aliphatic rings. The van der Waals surface area contributed by atoms with Gasteiger partial charge < -0.3 is 15.5 Å². The van der Waals surface area contributed by atoms with Gasteiger partial charge in [0.1, 0.15) is 18.1 Å². The lowest BCUT2D eigenvalue weighted by Crippen LogP contribution is -2.59. The fourth-order valence-electron chi connectivity index (χ4n) is 4.25. The average Bonchev–Trinajstić information content (AvgIpc) is 3.49. The Morgan fingerprint density at radius 1 is 1.06 bits per heavy atom. The summed E-state index contributed by atoms with van der Waals surface area (Å²) in [6.07, 6.45) is 7.06. The minimum Gasteiger partial charge on any atom is -0.344 e. The zero-order valence-corrected chi connectivity index (χ0v) is 20.9. The highest BCUT2D eigenvalue weighted by molar-refractivity contribution is 7.90. The first kappa shape index (κ1) is 26.2. The van der Waals surface area contributed by atoms with Crippen LogP contribution in [0, 0.1) is 5.41 Å². The number of fused-ring (bicyclic) bond motifs is 1. The molecule has 1 saturated carbocycles. The summed E-state index contributed by atoms with van der Waals surface area (Å²) in [5.74, 6) is -1.84. The van der Waals surface area contributed by atoms with Crippen LogP contribution in [0.25, 0.3) is 0 Å². The molecule has 11 heteroatoms. The van der Waals surface area contributed by atoms with E-state index in [-0.39, 0.29) is 24.7 Å². The van der Waals surface area contributed by atoms with Gasteiger partial charge in [-0.15, -0.1) is 0 Å². The highest BCUT2D eigenvalue weighted by Crippen LogP contribution is 2.28. The highest BCUT2D eigenvalue weighted by atomic mass is 32.2. The molecule has 34 heavy (non-hydrogen) atoms. The number of carbonyl (C=O) groups excluding carboxylic acids is 4. The largest absolute Gasteiger partial charge is 0.344 e. The molecule has 1 saturated heterocycles. The molecule has 10 nitrogen and oxygen atoms in total. The molecule has 0 aromatic heterocycles. The van der Waals surface area contributed by atoms with Crippen molar-refractivity contribution in [3.05, 3.63) is 12.2 Å². The van der Waals surface area contributed by atoms with E-state index < -0.39 is 50.6 Å². The third kappa shape index (κ3) is 6.58. The predicted octanol–water partition coefficient (Wildman–Crippen LogP) is 0.732. The number of amides is 4. The third-order valence-electron chi connectivity index (χ3n) is 6.41. The average molecular weight is 497 g/mol. The molecular weight excluding hydrogens is 460 g/mol. The molecule has 2 fully saturated rings. The Labute approximate surface area is 201 Å². The molecule has 4 amide bonds. The molecule has 190 valence electrons. The van der Waals surface area contributed by atoms with Gasteiger partial charge in [-0.2, -0.15) is 0 Å². The molecule has 0 radical (unpaired) electrons. The normalized spacial score (nSPS) is 27.8. The zero-order chi connectivity index (χ0) is 25.1. The van der Waals surface area contributed by atoms with Gasteiger partial charge in [-0.05, 0) is 50.4 Å². The first-order valence-corrected chi connectivity index (χ1v) is 13.6. The molecule has 2 heterocycles. The Morgan fingerprint density at radius 2 is 1.76 bits per heavy atom. The van der Waals surface area contributed by atoms with E-state index in [1.165, 1.54) is 4.90 Å². The van der Waals surface area contributed by atoms with Gasteiger partial charge in [-0.25, -0.2) is 8.42 Å².